The third-order valence-corrected chi connectivity index (χ3v) is 7.63. The van der Waals surface area contributed by atoms with Crippen LogP contribution in [0.25, 0.3) is 0 Å². The predicted octanol–water partition coefficient (Wildman–Crippen LogP) is -2.58. The van der Waals surface area contributed by atoms with Crippen molar-refractivity contribution in [3.63, 3.8) is 0 Å². The second-order valence-electron chi connectivity index (χ2n) is 1.70. The van der Waals surface area contributed by atoms with Crippen molar-refractivity contribution >= 4 is 28.3 Å². The minimum atomic E-state index is -2.02. The summed E-state index contributed by atoms with van der Waals surface area (Å²) >= 11 is 0. The molecule has 0 unspecified atom stereocenters. The minimum Gasteiger partial charge on any atom is -0.382 e. The van der Waals surface area contributed by atoms with Crippen molar-refractivity contribution < 1.29 is 13.3 Å². The zero-order chi connectivity index (χ0) is 7.33. The summed E-state index contributed by atoms with van der Waals surface area (Å²) in [6.45, 7) is 0. The van der Waals surface area contributed by atoms with Crippen molar-refractivity contribution in [1.29, 1.82) is 0 Å². The summed E-state index contributed by atoms with van der Waals surface area (Å²) in [4.78, 5) is 0. The van der Waals surface area contributed by atoms with Gasteiger partial charge in [-0.1, -0.05) is 0 Å². The predicted molar refractivity (Wildman–Crippen MR) is 45.6 cm³/mol. The van der Waals surface area contributed by atoms with Gasteiger partial charge in [-0.05, 0) is 0 Å². The first-order chi connectivity index (χ1) is 4.18. The van der Waals surface area contributed by atoms with E-state index in [2.05, 4.69) is 0 Å². The molecule has 0 aromatic heterocycles. The maximum absolute atomic E-state index is 5.35. The summed E-state index contributed by atoms with van der Waals surface area (Å²) < 4.78 is 15.6. The highest BCUT2D eigenvalue weighted by Crippen LogP contribution is 1.98. The monoisotopic (exact) mass is 182 g/mol. The van der Waals surface area contributed by atoms with E-state index in [9.17, 15) is 0 Å². The molecule has 0 saturated heterocycles. The van der Waals surface area contributed by atoms with Gasteiger partial charge in [0.05, 0.1) is 0 Å². The Labute approximate surface area is 62.7 Å². The van der Waals surface area contributed by atoms with Crippen LogP contribution in [0.2, 0.25) is 0 Å². The maximum atomic E-state index is 5.35. The van der Waals surface area contributed by atoms with Crippen molar-refractivity contribution in [2.24, 2.45) is 0 Å². The molecule has 6 heteroatoms. The first-order valence-corrected chi connectivity index (χ1v) is 9.56. The minimum absolute atomic E-state index is 0.817. The van der Waals surface area contributed by atoms with Gasteiger partial charge in [-0.15, -0.1) is 0 Å². The molecule has 0 saturated carbocycles. The lowest BCUT2D eigenvalue weighted by Gasteiger charge is -2.21. The van der Waals surface area contributed by atoms with Gasteiger partial charge < -0.3 is 13.3 Å². The van der Waals surface area contributed by atoms with Crippen LogP contribution in [0.15, 0.2) is 0 Å². The molecule has 0 amide bonds. The highest BCUT2D eigenvalue weighted by atomic mass is 29.2. The molecule has 0 spiro atoms. The van der Waals surface area contributed by atoms with E-state index in [-0.39, 0.29) is 0 Å². The van der Waals surface area contributed by atoms with Crippen LogP contribution in [-0.4, -0.2) is 48.8 Å². The smallest absolute Gasteiger partial charge is 0.382 e. The van der Waals surface area contributed by atoms with Crippen molar-refractivity contribution in [2.75, 3.05) is 20.4 Å². The molecule has 0 heterocycles. The van der Waals surface area contributed by atoms with Crippen molar-refractivity contribution in [3.8, 4) is 0 Å². The summed E-state index contributed by atoms with van der Waals surface area (Å²) in [5.74, 6) is 0. The van der Waals surface area contributed by atoms with Crippen molar-refractivity contribution in [2.45, 2.75) is 0 Å². The molecule has 0 fully saturated rings. The Morgan fingerprint density at radius 3 is 1.89 bits per heavy atom. The molecule has 0 aliphatic carbocycles. The summed E-state index contributed by atoms with van der Waals surface area (Å²) in [6.07, 6.45) is 0.817. The Morgan fingerprint density at radius 2 is 1.78 bits per heavy atom. The van der Waals surface area contributed by atoms with Crippen LogP contribution in [-0.2, 0) is 13.3 Å². The van der Waals surface area contributed by atoms with Gasteiger partial charge in [0, 0.05) is 30.7 Å². The van der Waals surface area contributed by atoms with Crippen LogP contribution in [0, 0.1) is 0 Å². The standard InChI is InChI=1S/C3H14O3Si3/c1-4-9(8,5-2)6-3-7/h3H2,1-2,7-8H3. The molecule has 0 N–H and O–H groups in total. The fourth-order valence-corrected chi connectivity index (χ4v) is 5.56. The van der Waals surface area contributed by atoms with Crippen molar-refractivity contribution in [3.05, 3.63) is 0 Å². The van der Waals surface area contributed by atoms with E-state index in [0.717, 1.165) is 26.2 Å². The van der Waals surface area contributed by atoms with Crippen LogP contribution < -0.4 is 0 Å². The summed E-state index contributed by atoms with van der Waals surface area (Å²) in [7, 11) is 3.21. The largest absolute Gasteiger partial charge is 0.457 e. The van der Waals surface area contributed by atoms with Gasteiger partial charge in [-0.25, -0.2) is 0 Å². The Bertz CT molecular complexity index is 74.7. The van der Waals surface area contributed by atoms with Gasteiger partial charge in [0.25, 0.3) is 0 Å². The van der Waals surface area contributed by atoms with Gasteiger partial charge in [0.2, 0.25) is 0 Å². The highest BCUT2D eigenvalue weighted by molar-refractivity contribution is 7.05. The van der Waals surface area contributed by atoms with Crippen LogP contribution in [0.1, 0.15) is 0 Å². The number of hydrogen-bond donors (Lipinski definition) is 0. The van der Waals surface area contributed by atoms with Gasteiger partial charge in [0.15, 0.2) is 0 Å². The third-order valence-electron chi connectivity index (χ3n) is 1.15. The van der Waals surface area contributed by atoms with E-state index >= 15 is 0 Å². The fraction of sp³-hybridized carbons (Fsp3) is 1.00. The average molecular weight is 182 g/mol. The lowest BCUT2D eigenvalue weighted by Crippen LogP contribution is -2.45. The molecular weight excluding hydrogens is 168 g/mol. The zero-order valence-corrected chi connectivity index (χ0v) is 11.4. The molecule has 9 heavy (non-hydrogen) atoms. The van der Waals surface area contributed by atoms with Gasteiger partial charge in [0.1, 0.15) is 9.76 Å². The normalized spacial score (nSPS) is 12.7. The first-order valence-electron chi connectivity index (χ1n) is 2.92. The summed E-state index contributed by atoms with van der Waals surface area (Å²) in [6, 6.07) is 0. The van der Waals surface area contributed by atoms with Gasteiger partial charge >= 0.3 is 8.32 Å². The van der Waals surface area contributed by atoms with Crippen molar-refractivity contribution in [1.82, 2.24) is 0 Å². The molecule has 0 bridgehead atoms. The van der Waals surface area contributed by atoms with E-state index < -0.39 is 8.32 Å². The van der Waals surface area contributed by atoms with Gasteiger partial charge in [-0.2, -0.15) is 0 Å². The maximum Gasteiger partial charge on any atom is 0.457 e. The topological polar surface area (TPSA) is 27.7 Å². The van der Waals surface area contributed by atoms with Crippen LogP contribution in [0.3, 0.4) is 0 Å². The Morgan fingerprint density at radius 1 is 1.33 bits per heavy atom. The van der Waals surface area contributed by atoms with Crippen LogP contribution in [0.5, 0.6) is 0 Å². The van der Waals surface area contributed by atoms with Gasteiger partial charge in [-0.3, -0.25) is 0 Å². The molecule has 0 aromatic carbocycles. The molecule has 0 atom stereocenters. The lowest BCUT2D eigenvalue weighted by molar-refractivity contribution is 0.142. The van der Waals surface area contributed by atoms with E-state index in [1.165, 1.54) is 0 Å². The summed E-state index contributed by atoms with van der Waals surface area (Å²) in [5.41, 5.74) is 0. The summed E-state index contributed by atoms with van der Waals surface area (Å²) in [5, 5.41) is 0. The molecule has 0 aliphatic heterocycles. The average Bonchev–Trinajstić information content (AvgIpc) is 1.89. The number of rotatable bonds is 4. The Hall–Kier alpha value is 0.531. The SMILES string of the molecule is CO[Si]([SiH3])(OC)OC[SiH3]. The molecule has 0 aliphatic rings. The molecule has 56 valence electrons. The molecule has 3 nitrogen and oxygen atoms in total. The molecule has 0 radical (unpaired) electrons. The van der Waals surface area contributed by atoms with E-state index in [0.29, 0.717) is 0 Å². The Kier molecular flexibility index (Phi) is 4.62. The van der Waals surface area contributed by atoms with E-state index in [4.69, 9.17) is 13.3 Å². The van der Waals surface area contributed by atoms with E-state index in [1.807, 2.05) is 0 Å². The highest BCUT2D eigenvalue weighted by Gasteiger charge is 2.29. The second-order valence-corrected chi connectivity index (χ2v) is 8.79. The molecular formula is C3H14O3Si3. The third kappa shape index (κ3) is 3.28. The zero-order valence-electron chi connectivity index (χ0n) is 6.43. The van der Waals surface area contributed by atoms with E-state index in [1.54, 1.807) is 14.2 Å². The quantitative estimate of drug-likeness (QED) is 0.447. The molecule has 0 aromatic rings. The van der Waals surface area contributed by atoms with Crippen LogP contribution in [0.4, 0.5) is 0 Å². The molecule has 0 rings (SSSR count). The van der Waals surface area contributed by atoms with Crippen LogP contribution >= 0.6 is 0 Å². The number of hydrogen-bond acceptors (Lipinski definition) is 3. The second kappa shape index (κ2) is 4.36. The Balaban J connectivity index is 3.62. The lowest BCUT2D eigenvalue weighted by atomic mass is 11.7. The fourth-order valence-electron chi connectivity index (χ4n) is 0.463. The first kappa shape index (κ1) is 9.53.